The molecule has 0 amide bonds. The normalized spacial score (nSPS) is 22.4. The Labute approximate surface area is 217 Å². The minimum Gasteiger partial charge on any atom is -0.459 e. The first-order valence-electron chi connectivity index (χ1n) is 11.6. The molecule has 0 spiro atoms. The number of ether oxygens (including phenoxy) is 4. The van der Waals surface area contributed by atoms with E-state index in [1.165, 1.54) is 24.3 Å². The van der Waals surface area contributed by atoms with E-state index in [2.05, 4.69) is 10.0 Å². The summed E-state index contributed by atoms with van der Waals surface area (Å²) < 4.78 is 22.2. The number of aliphatic hydroxyl groups excluding tert-OH is 1. The minimum atomic E-state index is -1.76. The van der Waals surface area contributed by atoms with Gasteiger partial charge in [0.15, 0.2) is 18.5 Å². The lowest BCUT2D eigenvalue weighted by molar-refractivity contribution is -0.247. The van der Waals surface area contributed by atoms with Crippen molar-refractivity contribution in [3.8, 4) is 0 Å². The van der Waals surface area contributed by atoms with Crippen molar-refractivity contribution in [3.63, 3.8) is 0 Å². The number of rotatable bonds is 8. The summed E-state index contributed by atoms with van der Waals surface area (Å²) in [6, 6.07) is 22.7. The van der Waals surface area contributed by atoms with Crippen LogP contribution in [0.25, 0.3) is 10.4 Å². The van der Waals surface area contributed by atoms with Crippen LogP contribution in [0.4, 0.5) is 0 Å². The van der Waals surface area contributed by atoms with Gasteiger partial charge >= 0.3 is 17.9 Å². The molecule has 3 aromatic rings. The largest absolute Gasteiger partial charge is 0.459 e. The maximum Gasteiger partial charge on any atom is 0.338 e. The molecular weight excluding hydrogens is 494 g/mol. The lowest BCUT2D eigenvalue weighted by atomic mass is 9.96. The van der Waals surface area contributed by atoms with E-state index in [9.17, 15) is 19.5 Å². The summed E-state index contributed by atoms with van der Waals surface area (Å²) in [6.07, 6.45) is -5.93. The molecule has 1 N–H and O–H groups in total. The van der Waals surface area contributed by atoms with Crippen molar-refractivity contribution >= 4 is 17.9 Å². The molecule has 1 aliphatic rings. The molecule has 1 unspecified atom stereocenters. The molecule has 0 radical (unpaired) electrons. The highest BCUT2D eigenvalue weighted by molar-refractivity contribution is 5.91. The number of carbonyl (C=O) groups excluding carboxylic acids is 3. The van der Waals surface area contributed by atoms with Crippen LogP contribution in [0.1, 0.15) is 31.1 Å². The molecule has 0 bridgehead atoms. The Balaban J connectivity index is 1.64. The molecule has 11 nitrogen and oxygen atoms in total. The summed E-state index contributed by atoms with van der Waals surface area (Å²) >= 11 is 0. The predicted molar refractivity (Wildman–Crippen MR) is 132 cm³/mol. The Kier molecular flexibility index (Phi) is 8.68. The van der Waals surface area contributed by atoms with Gasteiger partial charge < -0.3 is 24.1 Å². The molecule has 0 aliphatic carbocycles. The van der Waals surface area contributed by atoms with Gasteiger partial charge in [-0.25, -0.2) is 14.4 Å². The molecule has 1 fully saturated rings. The number of carbonyl (C=O) groups is 3. The van der Waals surface area contributed by atoms with E-state index in [4.69, 9.17) is 24.5 Å². The number of benzene rings is 3. The Bertz CT molecular complexity index is 1300. The van der Waals surface area contributed by atoms with Gasteiger partial charge in [0, 0.05) is 4.91 Å². The maximum absolute atomic E-state index is 13.0. The fourth-order valence-electron chi connectivity index (χ4n) is 3.85. The van der Waals surface area contributed by atoms with Gasteiger partial charge in [-0.2, -0.15) is 0 Å². The number of nitrogens with zero attached hydrogens (tertiary/aromatic N) is 3. The zero-order valence-electron chi connectivity index (χ0n) is 19.9. The molecule has 1 heterocycles. The minimum absolute atomic E-state index is 0.174. The van der Waals surface area contributed by atoms with E-state index in [-0.39, 0.29) is 16.7 Å². The molecule has 194 valence electrons. The van der Waals surface area contributed by atoms with Gasteiger partial charge in [0.2, 0.25) is 0 Å². The summed E-state index contributed by atoms with van der Waals surface area (Å²) in [7, 11) is 0. The maximum atomic E-state index is 13.0. The molecule has 38 heavy (non-hydrogen) atoms. The number of hydrogen-bond acceptors (Lipinski definition) is 9. The van der Waals surface area contributed by atoms with Gasteiger partial charge in [0.25, 0.3) is 0 Å². The van der Waals surface area contributed by atoms with Crippen molar-refractivity contribution in [1.29, 1.82) is 0 Å². The number of aliphatic hydroxyl groups is 1. The highest BCUT2D eigenvalue weighted by atomic mass is 16.7. The number of esters is 3. The van der Waals surface area contributed by atoms with E-state index in [1.54, 1.807) is 66.7 Å². The topological polar surface area (TPSA) is 157 Å². The van der Waals surface area contributed by atoms with E-state index in [0.29, 0.717) is 0 Å². The Morgan fingerprint density at radius 1 is 0.763 bits per heavy atom. The van der Waals surface area contributed by atoms with Crippen LogP contribution >= 0.6 is 0 Å². The summed E-state index contributed by atoms with van der Waals surface area (Å²) in [4.78, 5) is 41.1. The average Bonchev–Trinajstić information content (AvgIpc) is 2.96. The second-order valence-electron chi connectivity index (χ2n) is 8.20. The zero-order chi connectivity index (χ0) is 26.9. The Hall–Kier alpha value is -4.70. The van der Waals surface area contributed by atoms with Crippen molar-refractivity contribution in [2.24, 2.45) is 5.11 Å². The van der Waals surface area contributed by atoms with E-state index in [0.717, 1.165) is 0 Å². The quantitative estimate of drug-likeness (QED) is 0.156. The van der Waals surface area contributed by atoms with Crippen LogP contribution in [-0.2, 0) is 18.9 Å². The Morgan fingerprint density at radius 3 is 1.68 bits per heavy atom. The fourth-order valence-corrected chi connectivity index (χ4v) is 3.85. The molecule has 4 rings (SSSR count). The van der Waals surface area contributed by atoms with Crippen LogP contribution in [0.3, 0.4) is 0 Å². The van der Waals surface area contributed by atoms with Gasteiger partial charge in [-0.15, -0.1) is 0 Å². The second kappa shape index (κ2) is 12.5. The van der Waals surface area contributed by atoms with Gasteiger partial charge in [-0.3, -0.25) is 0 Å². The van der Waals surface area contributed by atoms with Crippen molar-refractivity contribution in [1.82, 2.24) is 0 Å². The number of azide groups is 1. The first kappa shape index (κ1) is 26.4. The fraction of sp³-hybridized carbons (Fsp3) is 0.222. The smallest absolute Gasteiger partial charge is 0.338 e. The first-order chi connectivity index (χ1) is 18.5. The number of hydrogen-bond donors (Lipinski definition) is 1. The summed E-state index contributed by atoms with van der Waals surface area (Å²) in [5.74, 6) is -2.30. The lowest BCUT2D eigenvalue weighted by Crippen LogP contribution is -2.60. The molecule has 1 aliphatic heterocycles. The van der Waals surface area contributed by atoms with Gasteiger partial charge in [-0.1, -0.05) is 59.7 Å². The van der Waals surface area contributed by atoms with Gasteiger partial charge in [0.05, 0.1) is 16.7 Å². The first-order valence-corrected chi connectivity index (χ1v) is 11.6. The van der Waals surface area contributed by atoms with Crippen molar-refractivity contribution in [3.05, 3.63) is 118 Å². The van der Waals surface area contributed by atoms with Crippen LogP contribution in [-0.4, -0.2) is 60.3 Å². The predicted octanol–water partition coefficient (Wildman–Crippen LogP) is 3.69. The third kappa shape index (κ3) is 6.34. The average molecular weight is 517 g/mol. The van der Waals surface area contributed by atoms with E-state index >= 15 is 0 Å². The molecule has 5 atom stereocenters. The van der Waals surface area contributed by atoms with E-state index in [1.807, 2.05) is 0 Å². The third-order valence-electron chi connectivity index (χ3n) is 5.71. The highest BCUT2D eigenvalue weighted by Crippen LogP contribution is 2.29. The van der Waals surface area contributed by atoms with Crippen LogP contribution in [0.2, 0.25) is 0 Å². The second-order valence-corrected chi connectivity index (χ2v) is 8.20. The highest BCUT2D eigenvalue weighted by Gasteiger charge is 2.50. The standard InChI is InChI=1S/C27H23N3O8/c28-30-29-21-23(38-26(33)19-14-8-3-9-15-19)22(37-25(32)18-12-6-2-7-13-18)20(36-27(21)34)16-35-24(31)17-10-4-1-5-11-17/h1-15,20-23,27,34H,16H2/t20-,21-,22-,23-,27?/m1/s1. The SMILES string of the molecule is [N-]=[N+]=N[C@H]1C(O)O[C@H](COC(=O)c2ccccc2)[C@@H](OC(=O)c2ccccc2)[C@@H]1OC(=O)c1ccccc1. The molecule has 3 aromatic carbocycles. The molecule has 0 aromatic heterocycles. The monoisotopic (exact) mass is 517 g/mol. The van der Waals surface area contributed by atoms with Gasteiger partial charge in [-0.05, 0) is 41.9 Å². The summed E-state index contributed by atoms with van der Waals surface area (Å²) in [5.41, 5.74) is 9.72. The lowest BCUT2D eigenvalue weighted by Gasteiger charge is -2.42. The van der Waals surface area contributed by atoms with Crippen LogP contribution in [0.15, 0.2) is 96.1 Å². The third-order valence-corrected chi connectivity index (χ3v) is 5.71. The van der Waals surface area contributed by atoms with Crippen molar-refractivity contribution in [2.45, 2.75) is 30.6 Å². The van der Waals surface area contributed by atoms with Gasteiger partial charge in [0.1, 0.15) is 18.8 Å². The Morgan fingerprint density at radius 2 is 1.21 bits per heavy atom. The van der Waals surface area contributed by atoms with Crippen molar-refractivity contribution in [2.75, 3.05) is 6.61 Å². The van der Waals surface area contributed by atoms with Crippen LogP contribution in [0.5, 0.6) is 0 Å². The van der Waals surface area contributed by atoms with Crippen LogP contribution < -0.4 is 0 Å². The summed E-state index contributed by atoms with van der Waals surface area (Å²) in [5, 5.41) is 14.1. The van der Waals surface area contributed by atoms with Crippen molar-refractivity contribution < 1.29 is 38.4 Å². The summed E-state index contributed by atoms with van der Waals surface area (Å²) in [6.45, 7) is -0.472. The molecule has 11 heteroatoms. The van der Waals surface area contributed by atoms with Crippen LogP contribution in [0, 0.1) is 0 Å². The molecular formula is C27H23N3O8. The zero-order valence-corrected chi connectivity index (χ0v) is 19.9. The molecule has 0 saturated carbocycles. The molecule has 1 saturated heterocycles. The van der Waals surface area contributed by atoms with E-state index < -0.39 is 55.2 Å².